The molecule has 3 aromatic carbocycles. The molecule has 2 aromatic heterocycles. The van der Waals surface area contributed by atoms with Gasteiger partial charge in [0.05, 0.1) is 33.2 Å². The highest BCUT2D eigenvalue weighted by Crippen LogP contribution is 2.27. The topological polar surface area (TPSA) is 98.3 Å². The number of hydrogen-bond donors (Lipinski definition) is 0. The summed E-state index contributed by atoms with van der Waals surface area (Å²) in [5, 5.41) is 4.38. The Balaban J connectivity index is 1.39. The molecule has 11 heteroatoms. The quantitative estimate of drug-likeness (QED) is 0.306. The number of halogens is 1. The summed E-state index contributed by atoms with van der Waals surface area (Å²) in [5.74, 6) is 0.410. The molecule has 0 N–H and O–H groups in total. The summed E-state index contributed by atoms with van der Waals surface area (Å²) >= 11 is 7.20. The fourth-order valence-corrected chi connectivity index (χ4v) is 6.02. The lowest BCUT2D eigenvalue weighted by molar-refractivity contribution is 0.337. The fourth-order valence-electron chi connectivity index (χ4n) is 3.65. The lowest BCUT2D eigenvalue weighted by Gasteiger charge is -2.15. The van der Waals surface area contributed by atoms with Crippen LogP contribution in [0.1, 0.15) is 11.5 Å². The first-order valence-corrected chi connectivity index (χ1v) is 13.2. The van der Waals surface area contributed by atoms with E-state index in [0.29, 0.717) is 27.3 Å². The van der Waals surface area contributed by atoms with E-state index in [9.17, 15) is 13.2 Å². The summed E-state index contributed by atoms with van der Waals surface area (Å²) in [5.41, 5.74) is 2.27. The number of sulfonamides is 1. The van der Waals surface area contributed by atoms with E-state index in [-0.39, 0.29) is 28.0 Å². The van der Waals surface area contributed by atoms with Gasteiger partial charge in [-0.15, -0.1) is 0 Å². The summed E-state index contributed by atoms with van der Waals surface area (Å²) in [6, 6.07) is 21.4. The molecule has 0 aliphatic carbocycles. The van der Waals surface area contributed by atoms with Crippen molar-refractivity contribution in [3.63, 3.8) is 0 Å². The average molecular weight is 527 g/mol. The standard InChI is InChI=1S/C24H19ClN4O4S2/c1-28(15-22-26-23(27-33-22)18-9-5-6-10-19(18)25)35(31,32)17-11-12-20-21(13-17)34-24(30)29(20)14-16-7-3-2-4-8-16/h2-13H,14-15H2,1H3. The van der Waals surface area contributed by atoms with E-state index in [0.717, 1.165) is 21.2 Å². The minimum Gasteiger partial charge on any atom is -0.338 e. The first-order valence-electron chi connectivity index (χ1n) is 10.5. The highest BCUT2D eigenvalue weighted by atomic mass is 35.5. The van der Waals surface area contributed by atoms with Crippen molar-refractivity contribution < 1.29 is 12.9 Å². The second-order valence-corrected chi connectivity index (χ2v) is 11.3. The lowest BCUT2D eigenvalue weighted by atomic mass is 10.2. The molecule has 0 bridgehead atoms. The molecule has 0 radical (unpaired) electrons. The number of aromatic nitrogens is 3. The Bertz CT molecular complexity index is 1680. The molecule has 0 fully saturated rings. The van der Waals surface area contributed by atoms with E-state index in [2.05, 4.69) is 10.1 Å². The van der Waals surface area contributed by atoms with E-state index < -0.39 is 10.0 Å². The van der Waals surface area contributed by atoms with Gasteiger partial charge >= 0.3 is 4.87 Å². The summed E-state index contributed by atoms with van der Waals surface area (Å²) in [6.07, 6.45) is 0. The van der Waals surface area contributed by atoms with Crippen molar-refractivity contribution in [2.24, 2.45) is 0 Å². The molecule has 178 valence electrons. The van der Waals surface area contributed by atoms with E-state index in [1.165, 1.54) is 19.2 Å². The monoisotopic (exact) mass is 526 g/mol. The largest absolute Gasteiger partial charge is 0.338 e. The Morgan fingerprint density at radius 2 is 1.80 bits per heavy atom. The van der Waals surface area contributed by atoms with Crippen LogP contribution in [-0.2, 0) is 23.1 Å². The SMILES string of the molecule is CN(Cc1nc(-c2ccccc2Cl)no1)S(=O)(=O)c1ccc2c(c1)sc(=O)n2Cc1ccccc1. The Morgan fingerprint density at radius 1 is 1.06 bits per heavy atom. The molecule has 5 aromatic rings. The van der Waals surface area contributed by atoms with E-state index in [4.69, 9.17) is 16.1 Å². The fraction of sp³-hybridized carbons (Fsp3) is 0.125. The van der Waals surface area contributed by atoms with Crippen LogP contribution in [0.15, 0.2) is 87.0 Å². The second kappa shape index (κ2) is 9.38. The molecule has 8 nitrogen and oxygen atoms in total. The van der Waals surface area contributed by atoms with E-state index >= 15 is 0 Å². The van der Waals surface area contributed by atoms with Crippen LogP contribution in [-0.4, -0.2) is 34.5 Å². The lowest BCUT2D eigenvalue weighted by Crippen LogP contribution is -2.26. The molecule has 0 atom stereocenters. The Labute approximate surface area is 210 Å². The van der Waals surface area contributed by atoms with Gasteiger partial charge in [-0.3, -0.25) is 9.36 Å². The predicted molar refractivity (Wildman–Crippen MR) is 135 cm³/mol. The zero-order valence-electron chi connectivity index (χ0n) is 18.5. The van der Waals surface area contributed by atoms with Crippen LogP contribution in [0.2, 0.25) is 5.02 Å². The molecule has 0 aliphatic heterocycles. The highest BCUT2D eigenvalue weighted by molar-refractivity contribution is 7.89. The van der Waals surface area contributed by atoms with Crippen molar-refractivity contribution in [3.05, 3.63) is 98.9 Å². The van der Waals surface area contributed by atoms with Gasteiger partial charge in [0, 0.05) is 12.6 Å². The number of thiazole rings is 1. The van der Waals surface area contributed by atoms with Crippen LogP contribution in [0.4, 0.5) is 0 Å². The third-order valence-corrected chi connectivity index (χ3v) is 8.54. The normalized spacial score (nSPS) is 12.0. The van der Waals surface area contributed by atoms with Crippen molar-refractivity contribution in [1.29, 1.82) is 0 Å². The first kappa shape index (κ1) is 23.4. The Morgan fingerprint density at radius 3 is 2.57 bits per heavy atom. The molecule has 35 heavy (non-hydrogen) atoms. The smallest absolute Gasteiger partial charge is 0.308 e. The van der Waals surface area contributed by atoms with Gasteiger partial charge in [-0.2, -0.15) is 9.29 Å². The molecule has 0 amide bonds. The van der Waals surface area contributed by atoms with Gasteiger partial charge in [0.1, 0.15) is 0 Å². The minimum absolute atomic E-state index is 0.0754. The van der Waals surface area contributed by atoms with Crippen LogP contribution in [0.3, 0.4) is 0 Å². The number of rotatable bonds is 7. The molecular formula is C24H19ClN4O4S2. The third kappa shape index (κ3) is 4.65. The number of benzene rings is 3. The molecular weight excluding hydrogens is 508 g/mol. The number of fused-ring (bicyclic) bond motifs is 1. The third-order valence-electron chi connectivity index (χ3n) is 5.47. The predicted octanol–water partition coefficient (Wildman–Crippen LogP) is 4.64. The van der Waals surface area contributed by atoms with E-state index in [1.54, 1.807) is 34.9 Å². The van der Waals surface area contributed by atoms with Crippen LogP contribution in [0.5, 0.6) is 0 Å². The van der Waals surface area contributed by atoms with Gasteiger partial charge in [-0.25, -0.2) is 8.42 Å². The molecule has 0 saturated carbocycles. The highest BCUT2D eigenvalue weighted by Gasteiger charge is 2.25. The molecule has 0 spiro atoms. The summed E-state index contributed by atoms with van der Waals surface area (Å²) in [7, 11) is -2.45. The van der Waals surface area contributed by atoms with Gasteiger partial charge < -0.3 is 4.52 Å². The number of nitrogens with zero attached hydrogens (tertiary/aromatic N) is 4. The van der Waals surface area contributed by atoms with E-state index in [1.807, 2.05) is 30.3 Å². The summed E-state index contributed by atoms with van der Waals surface area (Å²) in [4.78, 5) is 16.8. The van der Waals surface area contributed by atoms with Crippen molar-refractivity contribution in [2.75, 3.05) is 7.05 Å². The summed E-state index contributed by atoms with van der Waals surface area (Å²) in [6.45, 7) is 0.291. The van der Waals surface area contributed by atoms with Gasteiger partial charge in [0.2, 0.25) is 21.7 Å². The van der Waals surface area contributed by atoms with Gasteiger partial charge in [0.15, 0.2) is 0 Å². The second-order valence-electron chi connectivity index (χ2n) is 7.82. The van der Waals surface area contributed by atoms with Crippen molar-refractivity contribution in [2.45, 2.75) is 18.0 Å². The van der Waals surface area contributed by atoms with Crippen LogP contribution < -0.4 is 4.87 Å². The molecule has 2 heterocycles. The van der Waals surface area contributed by atoms with Crippen LogP contribution in [0.25, 0.3) is 21.6 Å². The minimum atomic E-state index is -3.88. The maximum absolute atomic E-state index is 13.2. The molecule has 0 saturated heterocycles. The van der Waals surface area contributed by atoms with Gasteiger partial charge in [-0.1, -0.05) is 70.6 Å². The van der Waals surface area contributed by atoms with Crippen LogP contribution in [0, 0.1) is 0 Å². The first-order chi connectivity index (χ1) is 16.8. The Kier molecular flexibility index (Phi) is 6.28. The van der Waals surface area contributed by atoms with Gasteiger partial charge in [0.25, 0.3) is 0 Å². The number of hydrogen-bond acceptors (Lipinski definition) is 7. The maximum atomic E-state index is 13.2. The Hall–Kier alpha value is -3.31. The zero-order chi connectivity index (χ0) is 24.6. The van der Waals surface area contributed by atoms with Crippen molar-refractivity contribution >= 4 is 43.2 Å². The average Bonchev–Trinajstić information content (AvgIpc) is 3.43. The van der Waals surface area contributed by atoms with Crippen LogP contribution >= 0.6 is 22.9 Å². The van der Waals surface area contributed by atoms with Gasteiger partial charge in [-0.05, 0) is 35.9 Å². The zero-order valence-corrected chi connectivity index (χ0v) is 20.8. The molecule has 0 aliphatic rings. The molecule has 5 rings (SSSR count). The molecule has 0 unspecified atom stereocenters. The van der Waals surface area contributed by atoms with Crippen molar-refractivity contribution in [3.8, 4) is 11.4 Å². The maximum Gasteiger partial charge on any atom is 0.308 e. The van der Waals surface area contributed by atoms with Crippen molar-refractivity contribution in [1.82, 2.24) is 19.0 Å². The summed E-state index contributed by atoms with van der Waals surface area (Å²) < 4.78 is 35.1.